The smallest absolute Gasteiger partial charge is 0.342 e. The lowest BCUT2D eigenvalue weighted by molar-refractivity contribution is -0.170. The van der Waals surface area contributed by atoms with E-state index in [9.17, 15) is 4.79 Å². The summed E-state index contributed by atoms with van der Waals surface area (Å²) < 4.78 is 10.5. The van der Waals surface area contributed by atoms with Gasteiger partial charge in [0.15, 0.2) is 5.60 Å². The Labute approximate surface area is 95.4 Å². The van der Waals surface area contributed by atoms with Gasteiger partial charge in [-0.05, 0) is 37.0 Å². The van der Waals surface area contributed by atoms with E-state index in [2.05, 4.69) is 13.0 Å². The van der Waals surface area contributed by atoms with Crippen molar-refractivity contribution in [2.45, 2.75) is 25.9 Å². The van der Waals surface area contributed by atoms with Gasteiger partial charge in [-0.1, -0.05) is 18.2 Å². The third-order valence-corrected chi connectivity index (χ3v) is 3.24. The van der Waals surface area contributed by atoms with E-state index < -0.39 is 5.60 Å². The molecule has 0 spiro atoms. The molecule has 86 valence electrons. The lowest BCUT2D eigenvalue weighted by Crippen LogP contribution is -2.41. The Bertz CT molecular complexity index is 425. The van der Waals surface area contributed by atoms with Gasteiger partial charge in [0.05, 0.1) is 13.7 Å². The summed E-state index contributed by atoms with van der Waals surface area (Å²) in [6.45, 7) is 4.39. The minimum absolute atomic E-state index is 0.334. The molecular formula is C13H16O3. The summed E-state index contributed by atoms with van der Waals surface area (Å²) in [4.78, 5) is 11.8. The van der Waals surface area contributed by atoms with Gasteiger partial charge in [0.2, 0.25) is 0 Å². The Morgan fingerprint density at radius 2 is 2.25 bits per heavy atom. The average Bonchev–Trinajstić information content (AvgIpc) is 2.30. The molecule has 1 atom stereocenters. The number of carbonyl (C=O) groups excluding carboxylic acids is 1. The number of hydrogen-bond donors (Lipinski definition) is 0. The maximum Gasteiger partial charge on any atom is 0.342 e. The average molecular weight is 220 g/mol. The predicted molar refractivity (Wildman–Crippen MR) is 60.2 cm³/mol. The normalized spacial score (nSPS) is 23.7. The van der Waals surface area contributed by atoms with E-state index in [4.69, 9.17) is 9.47 Å². The second kappa shape index (κ2) is 3.91. The standard InChI is InChI=1S/C13H16O3/c1-9-5-4-6-11-10(9)7-8-16-13(11,2)12(14)15-3/h4-6H,7-8H2,1-3H3. The third kappa shape index (κ3) is 1.52. The number of fused-ring (bicyclic) bond motifs is 1. The zero-order chi connectivity index (χ0) is 11.8. The van der Waals surface area contributed by atoms with Crippen molar-refractivity contribution in [2.24, 2.45) is 0 Å². The fraction of sp³-hybridized carbons (Fsp3) is 0.462. The fourth-order valence-electron chi connectivity index (χ4n) is 2.28. The molecular weight excluding hydrogens is 204 g/mol. The minimum Gasteiger partial charge on any atom is -0.467 e. The molecule has 3 nitrogen and oxygen atoms in total. The second-order valence-electron chi connectivity index (χ2n) is 4.22. The van der Waals surface area contributed by atoms with Gasteiger partial charge in [-0.15, -0.1) is 0 Å². The van der Waals surface area contributed by atoms with Crippen LogP contribution in [0.2, 0.25) is 0 Å². The molecule has 0 radical (unpaired) electrons. The summed E-state index contributed by atoms with van der Waals surface area (Å²) in [5, 5.41) is 0. The Morgan fingerprint density at radius 1 is 1.50 bits per heavy atom. The molecule has 0 bridgehead atoms. The molecule has 0 N–H and O–H groups in total. The van der Waals surface area contributed by atoms with Gasteiger partial charge in [0.1, 0.15) is 0 Å². The van der Waals surface area contributed by atoms with Crippen LogP contribution in [0.25, 0.3) is 0 Å². The highest BCUT2D eigenvalue weighted by atomic mass is 16.6. The maximum absolute atomic E-state index is 11.8. The number of esters is 1. The molecule has 0 saturated heterocycles. The van der Waals surface area contributed by atoms with Crippen LogP contribution < -0.4 is 0 Å². The van der Waals surface area contributed by atoms with Crippen molar-refractivity contribution in [3.8, 4) is 0 Å². The van der Waals surface area contributed by atoms with Crippen LogP contribution in [0.4, 0.5) is 0 Å². The molecule has 1 aliphatic heterocycles. The zero-order valence-electron chi connectivity index (χ0n) is 9.87. The summed E-state index contributed by atoms with van der Waals surface area (Å²) in [7, 11) is 1.39. The van der Waals surface area contributed by atoms with Crippen molar-refractivity contribution in [3.63, 3.8) is 0 Å². The van der Waals surface area contributed by atoms with Crippen molar-refractivity contribution >= 4 is 5.97 Å². The minimum atomic E-state index is -0.950. The van der Waals surface area contributed by atoms with E-state index in [0.717, 1.165) is 12.0 Å². The monoisotopic (exact) mass is 220 g/mol. The van der Waals surface area contributed by atoms with Crippen molar-refractivity contribution in [1.29, 1.82) is 0 Å². The molecule has 1 aliphatic rings. The van der Waals surface area contributed by atoms with E-state index in [1.165, 1.54) is 18.2 Å². The van der Waals surface area contributed by atoms with Crippen molar-refractivity contribution in [3.05, 3.63) is 34.9 Å². The van der Waals surface area contributed by atoms with Crippen LogP contribution in [0.5, 0.6) is 0 Å². The molecule has 0 saturated carbocycles. The predicted octanol–water partition coefficient (Wildman–Crippen LogP) is 1.96. The van der Waals surface area contributed by atoms with Crippen LogP contribution in [0.1, 0.15) is 23.6 Å². The quantitative estimate of drug-likeness (QED) is 0.679. The van der Waals surface area contributed by atoms with E-state index in [1.54, 1.807) is 6.92 Å². The van der Waals surface area contributed by atoms with Gasteiger partial charge in [-0.3, -0.25) is 0 Å². The number of carbonyl (C=O) groups is 1. The van der Waals surface area contributed by atoms with E-state index in [-0.39, 0.29) is 5.97 Å². The first-order chi connectivity index (χ1) is 7.59. The molecule has 0 amide bonds. The van der Waals surface area contributed by atoms with Gasteiger partial charge >= 0.3 is 5.97 Å². The summed E-state index contributed by atoms with van der Waals surface area (Å²) >= 11 is 0. The first-order valence-electron chi connectivity index (χ1n) is 5.41. The zero-order valence-corrected chi connectivity index (χ0v) is 9.87. The van der Waals surface area contributed by atoms with Crippen LogP contribution in [0, 0.1) is 6.92 Å². The van der Waals surface area contributed by atoms with Gasteiger partial charge in [0, 0.05) is 0 Å². The van der Waals surface area contributed by atoms with Crippen LogP contribution in [0.3, 0.4) is 0 Å². The SMILES string of the molecule is COC(=O)C1(C)OCCc2c(C)cccc21. The number of benzene rings is 1. The Morgan fingerprint density at radius 3 is 2.94 bits per heavy atom. The Balaban J connectivity index is 2.56. The van der Waals surface area contributed by atoms with Gasteiger partial charge in [-0.2, -0.15) is 0 Å². The van der Waals surface area contributed by atoms with E-state index in [1.807, 2.05) is 12.1 Å². The first kappa shape index (κ1) is 11.1. The molecule has 2 rings (SSSR count). The number of hydrogen-bond acceptors (Lipinski definition) is 3. The molecule has 16 heavy (non-hydrogen) atoms. The number of aryl methyl sites for hydroxylation is 1. The summed E-state index contributed by atoms with van der Waals surface area (Å²) in [5.41, 5.74) is 2.40. The van der Waals surface area contributed by atoms with Crippen molar-refractivity contribution in [2.75, 3.05) is 13.7 Å². The summed E-state index contributed by atoms with van der Waals surface area (Å²) in [5.74, 6) is -0.334. The van der Waals surface area contributed by atoms with Crippen LogP contribution in [0.15, 0.2) is 18.2 Å². The Hall–Kier alpha value is -1.35. The lowest BCUT2D eigenvalue weighted by Gasteiger charge is -2.34. The van der Waals surface area contributed by atoms with Crippen LogP contribution >= 0.6 is 0 Å². The molecule has 0 aliphatic carbocycles. The summed E-state index contributed by atoms with van der Waals surface area (Å²) in [6, 6.07) is 5.95. The highest BCUT2D eigenvalue weighted by Gasteiger charge is 2.41. The molecule has 0 aromatic heterocycles. The van der Waals surface area contributed by atoms with Gasteiger partial charge < -0.3 is 9.47 Å². The molecule has 1 unspecified atom stereocenters. The number of methoxy groups -OCH3 is 1. The second-order valence-corrected chi connectivity index (χ2v) is 4.22. The largest absolute Gasteiger partial charge is 0.467 e. The molecule has 3 heteroatoms. The Kier molecular flexibility index (Phi) is 2.72. The third-order valence-electron chi connectivity index (χ3n) is 3.24. The van der Waals surface area contributed by atoms with Crippen molar-refractivity contribution in [1.82, 2.24) is 0 Å². The lowest BCUT2D eigenvalue weighted by atomic mass is 9.85. The van der Waals surface area contributed by atoms with Crippen molar-refractivity contribution < 1.29 is 14.3 Å². The van der Waals surface area contributed by atoms with E-state index >= 15 is 0 Å². The van der Waals surface area contributed by atoms with Gasteiger partial charge in [-0.25, -0.2) is 4.79 Å². The maximum atomic E-state index is 11.8. The molecule has 1 aromatic rings. The molecule has 1 heterocycles. The molecule has 0 fully saturated rings. The van der Waals surface area contributed by atoms with Gasteiger partial charge in [0.25, 0.3) is 0 Å². The molecule has 1 aromatic carbocycles. The number of ether oxygens (including phenoxy) is 2. The highest BCUT2D eigenvalue weighted by molar-refractivity contribution is 5.81. The van der Waals surface area contributed by atoms with E-state index in [0.29, 0.717) is 6.61 Å². The summed E-state index contributed by atoms with van der Waals surface area (Å²) in [6.07, 6.45) is 0.856. The topological polar surface area (TPSA) is 35.5 Å². The number of rotatable bonds is 1. The van der Waals surface area contributed by atoms with Crippen LogP contribution in [-0.2, 0) is 26.3 Å². The van der Waals surface area contributed by atoms with Crippen LogP contribution in [-0.4, -0.2) is 19.7 Å². The highest BCUT2D eigenvalue weighted by Crippen LogP contribution is 2.35. The fourth-order valence-corrected chi connectivity index (χ4v) is 2.28. The first-order valence-corrected chi connectivity index (χ1v) is 5.41.